The van der Waals surface area contributed by atoms with Crippen LogP contribution in [0, 0.1) is 6.92 Å². The van der Waals surface area contributed by atoms with Crippen molar-refractivity contribution in [3.05, 3.63) is 40.0 Å². The summed E-state index contributed by atoms with van der Waals surface area (Å²) in [6, 6.07) is 6.35. The van der Waals surface area contributed by atoms with Crippen LogP contribution in [0.15, 0.2) is 24.3 Å². The summed E-state index contributed by atoms with van der Waals surface area (Å²) < 4.78 is 25.5. The van der Waals surface area contributed by atoms with E-state index in [1.807, 2.05) is 0 Å². The Morgan fingerprint density at radius 1 is 1.39 bits per heavy atom. The van der Waals surface area contributed by atoms with E-state index >= 15 is 0 Å². The first-order valence-corrected chi connectivity index (χ1v) is 6.57. The van der Waals surface area contributed by atoms with E-state index in [1.54, 1.807) is 25.1 Å². The molecule has 0 aliphatic rings. The quantitative estimate of drug-likeness (QED) is 0.885. The molecule has 1 aromatic heterocycles. The van der Waals surface area contributed by atoms with Crippen LogP contribution in [-0.2, 0) is 11.4 Å². The van der Waals surface area contributed by atoms with Gasteiger partial charge in [-0.3, -0.25) is 4.55 Å². The fraction of sp³-hybridized carbons (Fsp3) is 0.100. The summed E-state index contributed by atoms with van der Waals surface area (Å²) in [5.41, 5.74) is 1.09. The molecule has 2 rings (SSSR count). The molecule has 1 aromatic carbocycles. The van der Waals surface area contributed by atoms with Gasteiger partial charge in [-0.2, -0.15) is 14.0 Å². The summed E-state index contributed by atoms with van der Waals surface area (Å²) in [6.07, 6.45) is 0. The van der Waals surface area contributed by atoms with E-state index in [0.717, 1.165) is 0 Å². The minimum absolute atomic E-state index is 0.109. The van der Waals surface area contributed by atoms with E-state index in [2.05, 4.69) is 5.10 Å². The molecule has 1 heterocycles. The SMILES string of the molecule is Cc1cc(OS(=O)O)n(-c2cc(Cl)ccc2Cl)n1. The third kappa shape index (κ3) is 2.84. The third-order valence-corrected chi connectivity index (χ3v) is 2.96. The minimum atomic E-state index is -2.44. The molecule has 0 saturated heterocycles. The molecule has 96 valence electrons. The molecule has 1 N–H and O–H groups in total. The van der Waals surface area contributed by atoms with Crippen molar-refractivity contribution in [1.82, 2.24) is 9.78 Å². The lowest BCUT2D eigenvalue weighted by atomic mass is 10.3. The molecular weight excluding hydrogens is 299 g/mol. The smallest absolute Gasteiger partial charge is 0.359 e. The second kappa shape index (κ2) is 5.27. The molecule has 0 radical (unpaired) electrons. The van der Waals surface area contributed by atoms with Crippen molar-refractivity contribution in [3.63, 3.8) is 0 Å². The number of halogens is 2. The first-order valence-electron chi connectivity index (χ1n) is 4.78. The predicted molar refractivity (Wildman–Crippen MR) is 69.7 cm³/mol. The maximum atomic E-state index is 10.7. The van der Waals surface area contributed by atoms with Crippen LogP contribution in [0.3, 0.4) is 0 Å². The molecule has 0 spiro atoms. The van der Waals surface area contributed by atoms with E-state index in [-0.39, 0.29) is 5.88 Å². The van der Waals surface area contributed by atoms with Gasteiger partial charge in [0.25, 0.3) is 0 Å². The molecule has 0 fully saturated rings. The molecule has 0 aliphatic carbocycles. The number of aryl methyl sites for hydroxylation is 1. The topological polar surface area (TPSA) is 64.3 Å². The number of nitrogens with zero attached hydrogens (tertiary/aromatic N) is 2. The Balaban J connectivity index is 2.55. The van der Waals surface area contributed by atoms with Crippen molar-refractivity contribution in [1.29, 1.82) is 0 Å². The Bertz CT molecular complexity index is 615. The Labute approximate surface area is 116 Å². The average molecular weight is 307 g/mol. The molecule has 5 nitrogen and oxygen atoms in total. The fourth-order valence-electron chi connectivity index (χ4n) is 1.43. The highest BCUT2D eigenvalue weighted by molar-refractivity contribution is 7.74. The van der Waals surface area contributed by atoms with Crippen molar-refractivity contribution in [3.8, 4) is 11.6 Å². The van der Waals surface area contributed by atoms with Crippen LogP contribution in [0.4, 0.5) is 0 Å². The van der Waals surface area contributed by atoms with Gasteiger partial charge in [0.15, 0.2) is 0 Å². The molecule has 8 heteroatoms. The number of hydrogen-bond acceptors (Lipinski definition) is 3. The second-order valence-electron chi connectivity index (χ2n) is 3.43. The Hall–Kier alpha value is -1.08. The van der Waals surface area contributed by atoms with E-state index < -0.39 is 11.4 Å². The maximum Gasteiger partial charge on any atom is 0.359 e. The summed E-state index contributed by atoms with van der Waals surface area (Å²) in [7, 11) is 0. The van der Waals surface area contributed by atoms with Crippen molar-refractivity contribution in [2.24, 2.45) is 0 Å². The fourth-order valence-corrected chi connectivity index (χ4v) is 2.06. The number of benzene rings is 1. The highest BCUT2D eigenvalue weighted by Crippen LogP contribution is 2.28. The molecule has 1 atom stereocenters. The number of rotatable bonds is 3. The van der Waals surface area contributed by atoms with Gasteiger partial charge in [-0.05, 0) is 25.1 Å². The summed E-state index contributed by atoms with van der Waals surface area (Å²) in [5.74, 6) is 0.109. The third-order valence-electron chi connectivity index (χ3n) is 2.09. The molecule has 0 aliphatic heterocycles. The zero-order valence-corrected chi connectivity index (χ0v) is 11.5. The van der Waals surface area contributed by atoms with Crippen molar-refractivity contribution in [2.45, 2.75) is 6.92 Å². The van der Waals surface area contributed by atoms with Crippen LogP contribution < -0.4 is 4.18 Å². The van der Waals surface area contributed by atoms with Gasteiger partial charge in [0.2, 0.25) is 5.88 Å². The molecule has 0 amide bonds. The number of aromatic nitrogens is 2. The first kappa shape index (κ1) is 13.4. The summed E-state index contributed by atoms with van der Waals surface area (Å²) in [6.45, 7) is 1.72. The molecule has 18 heavy (non-hydrogen) atoms. The van der Waals surface area contributed by atoms with Crippen LogP contribution in [0.25, 0.3) is 5.69 Å². The zero-order chi connectivity index (χ0) is 13.3. The van der Waals surface area contributed by atoms with E-state index in [0.29, 0.717) is 21.4 Å². The van der Waals surface area contributed by atoms with E-state index in [9.17, 15) is 4.21 Å². The van der Waals surface area contributed by atoms with Gasteiger partial charge in [0.05, 0.1) is 16.4 Å². The highest BCUT2D eigenvalue weighted by Gasteiger charge is 2.14. The molecule has 0 bridgehead atoms. The van der Waals surface area contributed by atoms with Gasteiger partial charge in [0, 0.05) is 11.1 Å². The van der Waals surface area contributed by atoms with Crippen molar-refractivity contribution >= 4 is 34.6 Å². The standard InChI is InChI=1S/C10H8Cl2N2O3S/c1-6-4-10(17-18(15)16)14(13-6)9-5-7(11)2-3-8(9)12/h2-5H,1H3,(H,15,16). The van der Waals surface area contributed by atoms with Gasteiger partial charge < -0.3 is 4.18 Å². The second-order valence-corrected chi connectivity index (χ2v) is 4.88. The van der Waals surface area contributed by atoms with E-state index in [1.165, 1.54) is 10.7 Å². The maximum absolute atomic E-state index is 10.7. The van der Waals surface area contributed by atoms with Crippen LogP contribution in [0.2, 0.25) is 10.0 Å². The van der Waals surface area contributed by atoms with Gasteiger partial charge in [-0.15, -0.1) is 0 Å². The summed E-state index contributed by atoms with van der Waals surface area (Å²) >= 11 is 9.48. The minimum Gasteiger partial charge on any atom is -0.359 e. The van der Waals surface area contributed by atoms with Gasteiger partial charge in [0.1, 0.15) is 0 Å². The van der Waals surface area contributed by atoms with Crippen LogP contribution in [0.1, 0.15) is 5.69 Å². The largest absolute Gasteiger partial charge is 0.359 e. The normalized spacial score (nSPS) is 12.4. The lowest BCUT2D eigenvalue weighted by Gasteiger charge is -2.08. The molecule has 2 aromatic rings. The average Bonchev–Trinajstić information content (AvgIpc) is 2.62. The van der Waals surface area contributed by atoms with Crippen LogP contribution >= 0.6 is 23.2 Å². The Morgan fingerprint density at radius 2 is 2.11 bits per heavy atom. The lowest BCUT2D eigenvalue weighted by molar-refractivity contribution is 0.440. The predicted octanol–water partition coefficient (Wildman–Crippen LogP) is 3.00. The van der Waals surface area contributed by atoms with Crippen LogP contribution in [0.5, 0.6) is 5.88 Å². The Kier molecular flexibility index (Phi) is 3.91. The number of hydrogen-bond donors (Lipinski definition) is 1. The van der Waals surface area contributed by atoms with Crippen LogP contribution in [-0.4, -0.2) is 18.5 Å². The van der Waals surface area contributed by atoms with Gasteiger partial charge in [-0.1, -0.05) is 23.2 Å². The van der Waals surface area contributed by atoms with Gasteiger partial charge >= 0.3 is 11.4 Å². The Morgan fingerprint density at radius 3 is 2.78 bits per heavy atom. The molecule has 0 saturated carbocycles. The monoisotopic (exact) mass is 306 g/mol. The molecular formula is C10H8Cl2N2O3S. The van der Waals surface area contributed by atoms with Crippen molar-refractivity contribution < 1.29 is 12.9 Å². The first-order chi connectivity index (χ1) is 8.47. The van der Waals surface area contributed by atoms with Gasteiger partial charge in [-0.25, -0.2) is 0 Å². The zero-order valence-electron chi connectivity index (χ0n) is 9.13. The molecule has 1 unspecified atom stereocenters. The summed E-state index contributed by atoms with van der Waals surface area (Å²) in [5, 5.41) is 5.01. The lowest BCUT2D eigenvalue weighted by Crippen LogP contribution is -2.05. The summed E-state index contributed by atoms with van der Waals surface area (Å²) in [4.78, 5) is 0. The van der Waals surface area contributed by atoms with E-state index in [4.69, 9.17) is 31.9 Å². The van der Waals surface area contributed by atoms with Crippen molar-refractivity contribution in [2.75, 3.05) is 0 Å². The highest BCUT2D eigenvalue weighted by atomic mass is 35.5.